The minimum absolute atomic E-state index is 0.0873. The zero-order valence-electron chi connectivity index (χ0n) is 19.2. The number of hydrogen-bond donors (Lipinski definition) is 2. The lowest BCUT2D eigenvalue weighted by atomic mass is 10.1. The molecule has 8 heteroatoms. The lowest BCUT2D eigenvalue weighted by Crippen LogP contribution is -2.30. The third kappa shape index (κ3) is 6.77. The fourth-order valence-electron chi connectivity index (χ4n) is 4.37. The Hall–Kier alpha value is -3.49. The number of benzene rings is 3. The number of anilines is 1. The Labute approximate surface area is 207 Å². The Kier molecular flexibility index (Phi) is 8.28. The number of amides is 2. The van der Waals surface area contributed by atoms with Gasteiger partial charge in [-0.25, -0.2) is 9.86 Å². The van der Waals surface area contributed by atoms with Crippen molar-refractivity contribution in [2.75, 3.05) is 16.8 Å². The van der Waals surface area contributed by atoms with Gasteiger partial charge in [0.15, 0.2) is 0 Å². The van der Waals surface area contributed by atoms with Gasteiger partial charge in [-0.05, 0) is 53.1 Å². The highest BCUT2D eigenvalue weighted by Gasteiger charge is 2.26. The highest BCUT2D eigenvalue weighted by molar-refractivity contribution is 7.85. The number of hydroxylamine groups is 2. The third-order valence-electron chi connectivity index (χ3n) is 6.06. The summed E-state index contributed by atoms with van der Waals surface area (Å²) >= 11 is 0. The molecule has 0 saturated heterocycles. The van der Waals surface area contributed by atoms with Crippen molar-refractivity contribution in [1.29, 1.82) is 0 Å². The van der Waals surface area contributed by atoms with E-state index in [9.17, 15) is 19.0 Å². The van der Waals surface area contributed by atoms with Gasteiger partial charge in [0.25, 0.3) is 0 Å². The molecule has 4 rings (SSSR count). The van der Waals surface area contributed by atoms with Gasteiger partial charge >= 0.3 is 6.09 Å². The standard InChI is InChI=1S/C27H28N2O5S/c30-19-29(32)26(18-35(33)17-21-13-22-9-4-5-10-23(22)14-21)24-11-6-12-25(15-24)28-27(31)34-16-20-7-2-1-3-8-20/h1-12,15,19,21,26,32H,13-14,16-18H2,(H,28,31)/t26-,35?/m1/s1. The number of hydrogen-bond acceptors (Lipinski definition) is 5. The zero-order valence-corrected chi connectivity index (χ0v) is 20.0. The Bertz CT molecular complexity index is 1160. The van der Waals surface area contributed by atoms with Crippen LogP contribution in [0, 0.1) is 5.92 Å². The Balaban J connectivity index is 1.37. The molecule has 0 heterocycles. The van der Waals surface area contributed by atoms with Crippen LogP contribution in [-0.4, -0.2) is 38.5 Å². The van der Waals surface area contributed by atoms with E-state index in [1.165, 1.54) is 11.1 Å². The van der Waals surface area contributed by atoms with Crippen molar-refractivity contribution in [3.8, 4) is 0 Å². The predicted octanol–water partition coefficient (Wildman–Crippen LogP) is 4.49. The average molecular weight is 493 g/mol. The van der Waals surface area contributed by atoms with Gasteiger partial charge in [-0.2, -0.15) is 0 Å². The van der Waals surface area contributed by atoms with Gasteiger partial charge in [0.2, 0.25) is 6.41 Å². The van der Waals surface area contributed by atoms with Gasteiger partial charge in [-0.15, -0.1) is 0 Å². The number of fused-ring (bicyclic) bond motifs is 1. The van der Waals surface area contributed by atoms with E-state index in [0.29, 0.717) is 28.5 Å². The summed E-state index contributed by atoms with van der Waals surface area (Å²) in [6.45, 7) is 0.133. The normalized spacial score (nSPS) is 14.5. The maximum atomic E-state index is 13.0. The topological polar surface area (TPSA) is 95.9 Å². The number of nitrogens with one attached hydrogen (secondary N) is 1. The molecule has 1 aliphatic rings. The summed E-state index contributed by atoms with van der Waals surface area (Å²) in [5.74, 6) is 0.843. The van der Waals surface area contributed by atoms with E-state index in [0.717, 1.165) is 18.4 Å². The predicted molar refractivity (Wildman–Crippen MR) is 134 cm³/mol. The van der Waals surface area contributed by atoms with Crippen LogP contribution in [-0.2, 0) is 39.8 Å². The minimum Gasteiger partial charge on any atom is -0.444 e. The molecule has 0 spiro atoms. The SMILES string of the molecule is O=CN(O)[C@H](CS(=O)CC1Cc2ccccc2C1)c1cccc(NC(=O)OCc2ccccc2)c1. The minimum atomic E-state index is -1.27. The van der Waals surface area contributed by atoms with E-state index in [-0.39, 0.29) is 18.3 Å². The third-order valence-corrected chi connectivity index (χ3v) is 7.59. The second kappa shape index (κ2) is 11.8. The summed E-state index contributed by atoms with van der Waals surface area (Å²) in [7, 11) is -1.27. The molecule has 2 atom stereocenters. The Morgan fingerprint density at radius 3 is 2.43 bits per heavy atom. The van der Waals surface area contributed by atoms with E-state index >= 15 is 0 Å². The summed E-state index contributed by atoms with van der Waals surface area (Å²) in [5, 5.41) is 13.4. The van der Waals surface area contributed by atoms with Crippen LogP contribution in [0.1, 0.15) is 28.3 Å². The van der Waals surface area contributed by atoms with Gasteiger partial charge in [-0.1, -0.05) is 66.7 Å². The summed E-state index contributed by atoms with van der Waals surface area (Å²) in [6, 6.07) is 23.5. The lowest BCUT2D eigenvalue weighted by molar-refractivity contribution is -0.158. The molecule has 3 aromatic carbocycles. The highest BCUT2D eigenvalue weighted by atomic mass is 32.2. The Morgan fingerprint density at radius 2 is 1.74 bits per heavy atom. The van der Waals surface area contributed by atoms with E-state index in [1.54, 1.807) is 24.3 Å². The van der Waals surface area contributed by atoms with E-state index in [1.807, 2.05) is 42.5 Å². The molecule has 3 aromatic rings. The molecule has 2 amide bonds. The molecule has 0 aliphatic heterocycles. The molecular formula is C27H28N2O5S. The molecule has 0 fully saturated rings. The average Bonchev–Trinajstić information content (AvgIpc) is 3.28. The van der Waals surface area contributed by atoms with Crippen molar-refractivity contribution >= 4 is 29.0 Å². The van der Waals surface area contributed by atoms with Crippen molar-refractivity contribution in [2.24, 2.45) is 5.92 Å². The van der Waals surface area contributed by atoms with Crippen molar-refractivity contribution < 1.29 is 23.7 Å². The van der Waals surface area contributed by atoms with Crippen LogP contribution in [0.3, 0.4) is 0 Å². The molecular weight excluding hydrogens is 464 g/mol. The molecule has 0 bridgehead atoms. The molecule has 1 unspecified atom stereocenters. The van der Waals surface area contributed by atoms with Gasteiger partial charge in [0.1, 0.15) is 6.61 Å². The monoisotopic (exact) mass is 492 g/mol. The highest BCUT2D eigenvalue weighted by Crippen LogP contribution is 2.28. The molecule has 1 aliphatic carbocycles. The van der Waals surface area contributed by atoms with Crippen LogP contribution in [0.25, 0.3) is 0 Å². The molecule has 0 saturated carbocycles. The molecule has 0 aromatic heterocycles. The molecule has 35 heavy (non-hydrogen) atoms. The first-order chi connectivity index (χ1) is 17.0. The quantitative estimate of drug-likeness (QED) is 0.247. The second-order valence-corrected chi connectivity index (χ2v) is 10.2. The zero-order chi connectivity index (χ0) is 24.6. The van der Waals surface area contributed by atoms with Crippen LogP contribution in [0.4, 0.5) is 10.5 Å². The second-order valence-electron chi connectivity index (χ2n) is 8.63. The number of ether oxygens (including phenoxy) is 1. The van der Waals surface area contributed by atoms with Crippen molar-refractivity contribution in [2.45, 2.75) is 25.5 Å². The van der Waals surface area contributed by atoms with Crippen molar-refractivity contribution in [3.63, 3.8) is 0 Å². The largest absolute Gasteiger partial charge is 0.444 e. The van der Waals surface area contributed by atoms with Crippen LogP contribution in [0.2, 0.25) is 0 Å². The van der Waals surface area contributed by atoms with Crippen LogP contribution >= 0.6 is 0 Å². The molecule has 7 nitrogen and oxygen atoms in total. The molecule has 2 N–H and O–H groups in total. The first-order valence-electron chi connectivity index (χ1n) is 11.4. The Morgan fingerprint density at radius 1 is 1.06 bits per heavy atom. The van der Waals surface area contributed by atoms with Crippen molar-refractivity contribution in [3.05, 3.63) is 101 Å². The summed E-state index contributed by atoms with van der Waals surface area (Å²) in [6.07, 6.45) is 1.45. The first-order valence-corrected chi connectivity index (χ1v) is 12.9. The molecule has 182 valence electrons. The lowest BCUT2D eigenvalue weighted by Gasteiger charge is -2.23. The number of carbonyl (C=O) groups is 2. The van der Waals surface area contributed by atoms with E-state index < -0.39 is 22.9 Å². The summed E-state index contributed by atoms with van der Waals surface area (Å²) in [5.41, 5.74) is 4.46. The van der Waals surface area contributed by atoms with E-state index in [2.05, 4.69) is 17.4 Å². The number of nitrogens with zero attached hydrogens (tertiary/aromatic N) is 1. The van der Waals surface area contributed by atoms with Crippen LogP contribution in [0.15, 0.2) is 78.9 Å². The van der Waals surface area contributed by atoms with Gasteiger partial charge in [0, 0.05) is 22.2 Å². The first kappa shape index (κ1) is 24.6. The maximum absolute atomic E-state index is 13.0. The summed E-state index contributed by atoms with van der Waals surface area (Å²) < 4.78 is 18.3. The fourth-order valence-corrected chi connectivity index (χ4v) is 5.97. The fraction of sp³-hybridized carbons (Fsp3) is 0.259. The van der Waals surface area contributed by atoms with Gasteiger partial charge in [-0.3, -0.25) is 19.5 Å². The van der Waals surface area contributed by atoms with Crippen LogP contribution in [0.5, 0.6) is 0 Å². The maximum Gasteiger partial charge on any atom is 0.411 e. The van der Waals surface area contributed by atoms with Crippen LogP contribution < -0.4 is 5.32 Å². The van der Waals surface area contributed by atoms with Gasteiger partial charge in [0.05, 0.1) is 11.8 Å². The summed E-state index contributed by atoms with van der Waals surface area (Å²) in [4.78, 5) is 23.6. The smallest absolute Gasteiger partial charge is 0.411 e. The van der Waals surface area contributed by atoms with Crippen molar-refractivity contribution in [1.82, 2.24) is 5.06 Å². The number of carbonyl (C=O) groups excluding carboxylic acids is 2. The van der Waals surface area contributed by atoms with Gasteiger partial charge < -0.3 is 4.74 Å². The molecule has 0 radical (unpaired) electrons. The van der Waals surface area contributed by atoms with E-state index in [4.69, 9.17) is 4.74 Å². The number of rotatable bonds is 10.